The molecule has 2 aromatic rings. The summed E-state index contributed by atoms with van der Waals surface area (Å²) in [5, 5.41) is 52.2. The van der Waals surface area contributed by atoms with Crippen LogP contribution >= 0.6 is 0 Å². The van der Waals surface area contributed by atoms with Gasteiger partial charge in [0, 0.05) is 0 Å². The molecule has 1 aromatic heterocycles. The minimum absolute atomic E-state index is 0.726. The van der Waals surface area contributed by atoms with Crippen LogP contribution in [0.2, 0.25) is 0 Å². The molecule has 0 saturated carbocycles. The fourth-order valence-electron chi connectivity index (χ4n) is 1.55. The number of hydrogen-bond acceptors (Lipinski definition) is 7. The smallest absolute Gasteiger partial charge is 0.111 e. The van der Waals surface area contributed by atoms with E-state index < -0.39 is 37.6 Å². The molecule has 0 radical (unpaired) electrons. The van der Waals surface area contributed by atoms with E-state index in [1.165, 1.54) is 0 Å². The van der Waals surface area contributed by atoms with Crippen LogP contribution in [-0.2, 0) is 0 Å². The summed E-state index contributed by atoms with van der Waals surface area (Å²) >= 11 is 0. The van der Waals surface area contributed by atoms with Gasteiger partial charge in [0.1, 0.15) is 24.4 Å². The maximum atomic E-state index is 8.96. The Morgan fingerprint density at radius 1 is 0.905 bits per heavy atom. The van der Waals surface area contributed by atoms with Crippen LogP contribution < -0.4 is 0 Å². The van der Waals surface area contributed by atoms with Crippen molar-refractivity contribution in [1.29, 1.82) is 0 Å². The van der Waals surface area contributed by atoms with Crippen LogP contribution in [0.15, 0.2) is 30.6 Å². The highest BCUT2D eigenvalue weighted by atomic mass is 16.4. The third-order valence-corrected chi connectivity index (χ3v) is 2.84. The fraction of sp³-hybridized carbons (Fsp3) is 0.462. The van der Waals surface area contributed by atoms with Crippen molar-refractivity contribution in [1.82, 2.24) is 9.97 Å². The second-order valence-electron chi connectivity index (χ2n) is 4.40. The number of imidazole rings is 1. The average Bonchev–Trinajstić information content (AvgIpc) is 3.01. The van der Waals surface area contributed by atoms with Crippen molar-refractivity contribution >= 4 is 11.0 Å². The van der Waals surface area contributed by atoms with Gasteiger partial charge in [0.15, 0.2) is 0 Å². The second-order valence-corrected chi connectivity index (χ2v) is 4.40. The van der Waals surface area contributed by atoms with Crippen LogP contribution in [0.1, 0.15) is 0 Å². The average molecular weight is 300 g/mol. The number of aromatic nitrogens is 2. The van der Waals surface area contributed by atoms with E-state index in [9.17, 15) is 0 Å². The van der Waals surface area contributed by atoms with E-state index >= 15 is 0 Å². The quantitative estimate of drug-likeness (QED) is 0.337. The molecule has 0 spiro atoms. The van der Waals surface area contributed by atoms with Crippen molar-refractivity contribution in [2.24, 2.45) is 0 Å². The first-order valence-corrected chi connectivity index (χ1v) is 6.33. The lowest BCUT2D eigenvalue weighted by molar-refractivity contribution is -0.123. The summed E-state index contributed by atoms with van der Waals surface area (Å²) < 4.78 is 0. The molecule has 0 aliphatic heterocycles. The maximum Gasteiger partial charge on any atom is 0.111 e. The Bertz CT molecular complexity index is 476. The topological polar surface area (TPSA) is 150 Å². The molecule has 2 rings (SSSR count). The van der Waals surface area contributed by atoms with Gasteiger partial charge in [-0.3, -0.25) is 0 Å². The number of H-pyrrole nitrogens is 1. The lowest BCUT2D eigenvalue weighted by Crippen LogP contribution is -2.46. The van der Waals surface area contributed by atoms with Gasteiger partial charge in [-0.2, -0.15) is 0 Å². The minimum atomic E-state index is -1.67. The molecule has 8 nitrogen and oxygen atoms in total. The Kier molecular flexibility index (Phi) is 7.23. The molecule has 0 aliphatic rings. The molecular weight excluding hydrogens is 280 g/mol. The van der Waals surface area contributed by atoms with Crippen molar-refractivity contribution in [3.8, 4) is 0 Å². The van der Waals surface area contributed by atoms with Crippen LogP contribution in [0.3, 0.4) is 0 Å². The van der Waals surface area contributed by atoms with Crippen LogP contribution in [0, 0.1) is 0 Å². The molecular formula is C13H20N2O6. The largest absolute Gasteiger partial charge is 0.394 e. The third-order valence-electron chi connectivity index (χ3n) is 2.84. The number of aliphatic hydroxyl groups excluding tert-OH is 6. The number of aromatic amines is 1. The highest BCUT2D eigenvalue weighted by Gasteiger charge is 2.29. The number of benzene rings is 1. The molecule has 0 aliphatic carbocycles. The summed E-state index contributed by atoms with van der Waals surface area (Å²) in [5.41, 5.74) is 2.12. The van der Waals surface area contributed by atoms with Crippen molar-refractivity contribution in [2.75, 3.05) is 13.2 Å². The Labute approximate surface area is 121 Å². The van der Waals surface area contributed by atoms with Crippen molar-refractivity contribution in [3.63, 3.8) is 0 Å². The molecule has 1 aromatic carbocycles. The number of nitrogens with zero attached hydrogens (tertiary/aromatic N) is 1. The molecule has 1 heterocycles. The normalized spacial score (nSPS) is 16.7. The molecule has 7 N–H and O–H groups in total. The maximum absolute atomic E-state index is 8.96. The predicted octanol–water partition coefficient (Wildman–Crippen LogP) is -2.02. The summed E-state index contributed by atoms with van der Waals surface area (Å²) in [5.74, 6) is 0. The first-order chi connectivity index (χ1) is 10.0. The van der Waals surface area contributed by atoms with Gasteiger partial charge < -0.3 is 35.6 Å². The highest BCUT2D eigenvalue weighted by Crippen LogP contribution is 2.05. The SMILES string of the molecule is OC[C@@H](O)[C@@H](O)[C@H](O)[C@H](O)CO.c1ccc2[nH]cnc2c1. The Hall–Kier alpha value is -1.55. The van der Waals surface area contributed by atoms with Crippen molar-refractivity contribution < 1.29 is 30.6 Å². The summed E-state index contributed by atoms with van der Waals surface area (Å²) in [6.45, 7) is -1.45. The number of hydrogen-bond donors (Lipinski definition) is 7. The van der Waals surface area contributed by atoms with Gasteiger partial charge in [0.05, 0.1) is 30.6 Å². The Morgan fingerprint density at radius 3 is 1.90 bits per heavy atom. The monoisotopic (exact) mass is 300 g/mol. The highest BCUT2D eigenvalue weighted by molar-refractivity contribution is 5.73. The van der Waals surface area contributed by atoms with Crippen LogP contribution in [0.4, 0.5) is 0 Å². The molecule has 0 saturated heterocycles. The van der Waals surface area contributed by atoms with Gasteiger partial charge in [-0.05, 0) is 12.1 Å². The molecule has 4 atom stereocenters. The van der Waals surface area contributed by atoms with Crippen molar-refractivity contribution in [3.05, 3.63) is 30.6 Å². The van der Waals surface area contributed by atoms with Crippen LogP contribution in [0.25, 0.3) is 11.0 Å². The summed E-state index contributed by atoms with van der Waals surface area (Å²) in [6.07, 6.45) is -4.69. The van der Waals surface area contributed by atoms with E-state index in [1.54, 1.807) is 6.33 Å². The van der Waals surface area contributed by atoms with E-state index in [1.807, 2.05) is 24.3 Å². The minimum Gasteiger partial charge on any atom is -0.394 e. The molecule has 0 unspecified atom stereocenters. The summed E-state index contributed by atoms with van der Waals surface area (Å²) in [7, 11) is 0. The van der Waals surface area contributed by atoms with E-state index in [-0.39, 0.29) is 0 Å². The lowest BCUT2D eigenvalue weighted by Gasteiger charge is -2.24. The first-order valence-electron chi connectivity index (χ1n) is 6.33. The van der Waals surface area contributed by atoms with Crippen LogP contribution in [0.5, 0.6) is 0 Å². The summed E-state index contributed by atoms with van der Waals surface area (Å²) in [6, 6.07) is 7.94. The lowest BCUT2D eigenvalue weighted by atomic mass is 10.0. The zero-order valence-corrected chi connectivity index (χ0v) is 11.2. The van der Waals surface area contributed by atoms with Gasteiger partial charge in [0.25, 0.3) is 0 Å². The van der Waals surface area contributed by atoms with Gasteiger partial charge in [-0.25, -0.2) is 4.98 Å². The van der Waals surface area contributed by atoms with Gasteiger partial charge in [-0.1, -0.05) is 12.1 Å². The van der Waals surface area contributed by atoms with Crippen LogP contribution in [-0.4, -0.2) is 78.2 Å². The fourth-order valence-corrected chi connectivity index (χ4v) is 1.55. The van der Waals surface area contributed by atoms with Crippen molar-refractivity contribution in [2.45, 2.75) is 24.4 Å². The van der Waals surface area contributed by atoms with Gasteiger partial charge in [-0.15, -0.1) is 0 Å². The number of rotatable bonds is 5. The molecule has 0 amide bonds. The number of aliphatic hydroxyl groups is 6. The Morgan fingerprint density at radius 2 is 1.43 bits per heavy atom. The third kappa shape index (κ3) is 5.05. The number of nitrogens with one attached hydrogen (secondary N) is 1. The zero-order valence-electron chi connectivity index (χ0n) is 11.2. The zero-order chi connectivity index (χ0) is 15.8. The van der Waals surface area contributed by atoms with Gasteiger partial charge >= 0.3 is 0 Å². The molecule has 118 valence electrons. The molecule has 8 heteroatoms. The Balaban J connectivity index is 0.000000216. The molecule has 0 fully saturated rings. The first kappa shape index (κ1) is 17.5. The standard InChI is InChI=1S/C7H6N2.C6H14O6/c1-2-4-7-6(3-1)8-5-9-7;7-1-3(9)5(11)6(12)4(10)2-8/h1-5H,(H,8,9);3-12H,1-2H2/t;3-,4-,5-,6-/m.1/s1. The number of para-hydroxylation sites is 2. The van der Waals surface area contributed by atoms with E-state index in [0.29, 0.717) is 0 Å². The van der Waals surface area contributed by atoms with E-state index in [4.69, 9.17) is 30.6 Å². The number of fused-ring (bicyclic) bond motifs is 1. The van der Waals surface area contributed by atoms with E-state index in [2.05, 4.69) is 9.97 Å². The molecule has 0 bridgehead atoms. The predicted molar refractivity (Wildman–Crippen MR) is 74.3 cm³/mol. The molecule has 21 heavy (non-hydrogen) atoms. The summed E-state index contributed by atoms with van der Waals surface area (Å²) in [4.78, 5) is 7.07. The van der Waals surface area contributed by atoms with Gasteiger partial charge in [0.2, 0.25) is 0 Å². The second kappa shape index (κ2) is 8.67. The van der Waals surface area contributed by atoms with E-state index in [0.717, 1.165) is 11.0 Å².